The van der Waals surface area contributed by atoms with E-state index in [1.54, 1.807) is 0 Å². The summed E-state index contributed by atoms with van der Waals surface area (Å²) < 4.78 is 0. The van der Waals surface area contributed by atoms with Crippen LogP contribution in [0.15, 0.2) is 24.3 Å². The number of halogens is 1. The van der Waals surface area contributed by atoms with E-state index in [1.807, 2.05) is 24.3 Å². The molecule has 1 aliphatic carbocycles. The number of nitrogens with two attached hydrogens (primary N) is 1. The molecule has 2 aromatic rings. The molecule has 0 atom stereocenters. The molecule has 0 unspecified atom stereocenters. The molecule has 0 amide bonds. The largest absolute Gasteiger partial charge is 0.322 e. The van der Waals surface area contributed by atoms with Crippen molar-refractivity contribution in [2.24, 2.45) is 11.8 Å². The number of nitrogens with one attached hydrogen (secondary N) is 1. The maximum atomic E-state index is 6.15. The van der Waals surface area contributed by atoms with Gasteiger partial charge in [-0.1, -0.05) is 17.7 Å². The highest BCUT2D eigenvalue weighted by atomic mass is 35.5. The van der Waals surface area contributed by atoms with Gasteiger partial charge < -0.3 is 5.43 Å². The topological polar surface area (TPSA) is 50.9 Å². The summed E-state index contributed by atoms with van der Waals surface area (Å²) in [5.74, 6) is 6.34. The first-order valence-electron chi connectivity index (χ1n) is 5.82. The molecule has 1 fully saturated rings. The standard InChI is InChI=1S/C13H14ClN3/c14-10-2-1-3-11-9(10)7-13(17-15)12(16-11)6-8-4-5-8/h1-3,7-8,17H,4-6,15H2. The lowest BCUT2D eigenvalue weighted by Gasteiger charge is -2.10. The van der Waals surface area contributed by atoms with Gasteiger partial charge >= 0.3 is 0 Å². The van der Waals surface area contributed by atoms with Crippen molar-refractivity contribution in [2.45, 2.75) is 19.3 Å². The number of aromatic nitrogens is 1. The van der Waals surface area contributed by atoms with Crippen LogP contribution < -0.4 is 11.3 Å². The van der Waals surface area contributed by atoms with Crippen LogP contribution in [0.25, 0.3) is 10.9 Å². The maximum absolute atomic E-state index is 6.15. The van der Waals surface area contributed by atoms with Crippen molar-refractivity contribution < 1.29 is 0 Å². The zero-order valence-electron chi connectivity index (χ0n) is 9.41. The summed E-state index contributed by atoms with van der Waals surface area (Å²) in [4.78, 5) is 4.66. The minimum atomic E-state index is 0.712. The van der Waals surface area contributed by atoms with Crippen LogP contribution in [-0.4, -0.2) is 4.98 Å². The zero-order valence-corrected chi connectivity index (χ0v) is 10.2. The van der Waals surface area contributed by atoms with Crippen molar-refractivity contribution in [1.29, 1.82) is 0 Å². The molecular formula is C13H14ClN3. The Morgan fingerprint density at radius 3 is 2.94 bits per heavy atom. The van der Waals surface area contributed by atoms with Crippen molar-refractivity contribution in [3.05, 3.63) is 35.0 Å². The summed E-state index contributed by atoms with van der Waals surface area (Å²) in [5, 5.41) is 1.66. The van der Waals surface area contributed by atoms with E-state index in [0.717, 1.165) is 34.6 Å². The highest BCUT2D eigenvalue weighted by molar-refractivity contribution is 6.35. The molecule has 1 aromatic heterocycles. The van der Waals surface area contributed by atoms with Crippen molar-refractivity contribution >= 4 is 28.2 Å². The van der Waals surface area contributed by atoms with E-state index in [-0.39, 0.29) is 0 Å². The Balaban J connectivity index is 2.13. The Bertz CT molecular complexity index is 564. The van der Waals surface area contributed by atoms with Crippen LogP contribution in [0.1, 0.15) is 18.5 Å². The first-order valence-corrected chi connectivity index (χ1v) is 6.20. The molecule has 88 valence electrons. The van der Waals surface area contributed by atoms with E-state index < -0.39 is 0 Å². The molecule has 0 spiro atoms. The van der Waals surface area contributed by atoms with Crippen LogP contribution in [-0.2, 0) is 6.42 Å². The molecule has 3 nitrogen and oxygen atoms in total. The van der Waals surface area contributed by atoms with E-state index in [0.29, 0.717) is 5.02 Å². The fourth-order valence-corrected chi connectivity index (χ4v) is 2.30. The van der Waals surface area contributed by atoms with E-state index in [2.05, 4.69) is 10.4 Å². The van der Waals surface area contributed by atoms with E-state index in [4.69, 9.17) is 17.4 Å². The molecule has 3 rings (SSSR count). The summed E-state index contributed by atoms with van der Waals surface area (Å²) in [5.41, 5.74) is 5.60. The van der Waals surface area contributed by atoms with Gasteiger partial charge in [-0.25, -0.2) is 0 Å². The van der Waals surface area contributed by atoms with Gasteiger partial charge in [-0.3, -0.25) is 10.8 Å². The Labute approximate surface area is 105 Å². The van der Waals surface area contributed by atoms with Crippen LogP contribution in [0.5, 0.6) is 0 Å². The predicted octanol–water partition coefficient (Wildman–Crippen LogP) is 3.13. The van der Waals surface area contributed by atoms with Gasteiger partial charge in [0.15, 0.2) is 0 Å². The molecule has 1 heterocycles. The van der Waals surface area contributed by atoms with E-state index >= 15 is 0 Å². The van der Waals surface area contributed by atoms with Crippen LogP contribution >= 0.6 is 11.6 Å². The highest BCUT2D eigenvalue weighted by Gasteiger charge is 2.23. The van der Waals surface area contributed by atoms with E-state index in [9.17, 15) is 0 Å². The van der Waals surface area contributed by atoms with Gasteiger partial charge in [-0.2, -0.15) is 0 Å². The van der Waals surface area contributed by atoms with Gasteiger partial charge in [0, 0.05) is 5.39 Å². The number of hydrogen-bond donors (Lipinski definition) is 2. The summed E-state index contributed by atoms with van der Waals surface area (Å²) in [6, 6.07) is 7.76. The van der Waals surface area contributed by atoms with E-state index in [1.165, 1.54) is 12.8 Å². The van der Waals surface area contributed by atoms with Gasteiger partial charge in [-0.05, 0) is 43.4 Å². The SMILES string of the molecule is NNc1cc2c(Cl)cccc2nc1CC1CC1. The van der Waals surface area contributed by atoms with Crippen LogP contribution in [0.2, 0.25) is 5.02 Å². The van der Waals surface area contributed by atoms with Gasteiger partial charge in [0.05, 0.1) is 21.9 Å². The molecular weight excluding hydrogens is 234 g/mol. The molecule has 1 aliphatic rings. The van der Waals surface area contributed by atoms with Crippen molar-refractivity contribution in [2.75, 3.05) is 5.43 Å². The second kappa shape index (κ2) is 4.17. The summed E-state index contributed by atoms with van der Waals surface area (Å²) >= 11 is 6.15. The Morgan fingerprint density at radius 2 is 2.24 bits per heavy atom. The first kappa shape index (κ1) is 10.8. The average molecular weight is 248 g/mol. The predicted molar refractivity (Wildman–Crippen MR) is 71.0 cm³/mol. The summed E-state index contributed by atoms with van der Waals surface area (Å²) in [6.07, 6.45) is 3.61. The average Bonchev–Trinajstić information content (AvgIpc) is 3.13. The summed E-state index contributed by atoms with van der Waals surface area (Å²) in [7, 11) is 0. The number of hydrazine groups is 1. The van der Waals surface area contributed by atoms with Crippen LogP contribution in [0.3, 0.4) is 0 Å². The fraction of sp³-hybridized carbons (Fsp3) is 0.308. The third-order valence-corrected chi connectivity index (χ3v) is 3.55. The second-order valence-electron chi connectivity index (χ2n) is 4.58. The number of nitrogens with zero attached hydrogens (tertiary/aromatic N) is 1. The number of pyridine rings is 1. The minimum absolute atomic E-state index is 0.712. The third-order valence-electron chi connectivity index (χ3n) is 3.22. The minimum Gasteiger partial charge on any atom is -0.322 e. The third kappa shape index (κ3) is 2.08. The van der Waals surface area contributed by atoms with Gasteiger partial charge in [0.1, 0.15) is 0 Å². The molecule has 3 N–H and O–H groups in total. The molecule has 17 heavy (non-hydrogen) atoms. The van der Waals surface area contributed by atoms with Crippen molar-refractivity contribution in [3.8, 4) is 0 Å². The number of fused-ring (bicyclic) bond motifs is 1. The van der Waals surface area contributed by atoms with Crippen molar-refractivity contribution in [1.82, 2.24) is 4.98 Å². The lowest BCUT2D eigenvalue weighted by atomic mass is 10.1. The molecule has 0 saturated heterocycles. The molecule has 0 radical (unpaired) electrons. The Kier molecular flexibility index (Phi) is 2.65. The number of nitrogen functional groups attached to an aromatic ring is 1. The van der Waals surface area contributed by atoms with Gasteiger partial charge in [0.25, 0.3) is 0 Å². The normalized spacial score (nSPS) is 15.2. The Hall–Kier alpha value is -1.32. The van der Waals surface area contributed by atoms with Crippen LogP contribution in [0.4, 0.5) is 5.69 Å². The smallest absolute Gasteiger partial charge is 0.0721 e. The van der Waals surface area contributed by atoms with Gasteiger partial charge in [-0.15, -0.1) is 0 Å². The molecule has 1 aromatic carbocycles. The Morgan fingerprint density at radius 1 is 1.41 bits per heavy atom. The number of rotatable bonds is 3. The number of benzene rings is 1. The van der Waals surface area contributed by atoms with Gasteiger partial charge in [0.2, 0.25) is 0 Å². The number of hydrogen-bond acceptors (Lipinski definition) is 3. The number of anilines is 1. The molecule has 4 heteroatoms. The molecule has 0 aliphatic heterocycles. The van der Waals surface area contributed by atoms with Crippen LogP contribution in [0, 0.1) is 5.92 Å². The highest BCUT2D eigenvalue weighted by Crippen LogP contribution is 2.35. The molecule has 0 bridgehead atoms. The maximum Gasteiger partial charge on any atom is 0.0721 e. The molecule has 1 saturated carbocycles. The quantitative estimate of drug-likeness (QED) is 0.647. The van der Waals surface area contributed by atoms with Crippen molar-refractivity contribution in [3.63, 3.8) is 0 Å². The first-order chi connectivity index (χ1) is 8.28. The summed E-state index contributed by atoms with van der Waals surface area (Å²) in [6.45, 7) is 0. The zero-order chi connectivity index (χ0) is 11.8. The lowest BCUT2D eigenvalue weighted by molar-refractivity contribution is 0.810. The second-order valence-corrected chi connectivity index (χ2v) is 4.99. The fourth-order valence-electron chi connectivity index (χ4n) is 2.08. The lowest BCUT2D eigenvalue weighted by Crippen LogP contribution is -2.11. The monoisotopic (exact) mass is 247 g/mol.